The van der Waals surface area contributed by atoms with Crippen molar-refractivity contribution in [3.8, 4) is 23.1 Å². The fourth-order valence-corrected chi connectivity index (χ4v) is 4.81. The number of aromatic nitrogens is 3. The predicted molar refractivity (Wildman–Crippen MR) is 151 cm³/mol. The number of methoxy groups -OCH3 is 1. The third-order valence-electron chi connectivity index (χ3n) is 7.09. The molecule has 2 aromatic heterocycles. The van der Waals surface area contributed by atoms with E-state index in [9.17, 15) is 9.59 Å². The lowest BCUT2D eigenvalue weighted by molar-refractivity contribution is -0.121. The van der Waals surface area contributed by atoms with Crippen LogP contribution >= 0.6 is 0 Å². The molecule has 0 bridgehead atoms. The molecule has 202 valence electrons. The van der Waals surface area contributed by atoms with Crippen LogP contribution < -0.4 is 10.1 Å². The van der Waals surface area contributed by atoms with E-state index in [1.54, 1.807) is 25.4 Å². The van der Waals surface area contributed by atoms with Gasteiger partial charge in [-0.3, -0.25) is 9.59 Å². The number of rotatable bonds is 13. The Kier molecular flexibility index (Phi) is 9.16. The van der Waals surface area contributed by atoms with Gasteiger partial charge in [0.05, 0.1) is 43.1 Å². The molecule has 8 nitrogen and oxygen atoms in total. The van der Waals surface area contributed by atoms with Crippen molar-refractivity contribution in [2.24, 2.45) is 0 Å². The zero-order valence-corrected chi connectivity index (χ0v) is 22.8. The van der Waals surface area contributed by atoms with E-state index < -0.39 is 0 Å². The van der Waals surface area contributed by atoms with E-state index in [0.717, 1.165) is 58.4 Å². The molecule has 2 heterocycles. The summed E-state index contributed by atoms with van der Waals surface area (Å²) in [6, 6.07) is 14.9. The predicted octanol–water partition coefficient (Wildman–Crippen LogP) is 6.08. The Bertz CT molecular complexity index is 1480. The van der Waals surface area contributed by atoms with Crippen LogP contribution in [-0.4, -0.2) is 33.8 Å². The molecule has 0 fully saturated rings. The molecule has 3 N–H and O–H groups in total. The minimum absolute atomic E-state index is 0.0932. The molecule has 0 saturated carbocycles. The normalized spacial score (nSPS) is 11.7. The molecule has 2 aromatic carbocycles. The van der Waals surface area contributed by atoms with Gasteiger partial charge in [-0.2, -0.15) is 5.26 Å². The first-order chi connectivity index (χ1) is 18.9. The number of Topliss-reactive ketones (excluding diaryl/α,β-unsaturated/α-hetero) is 1. The molecule has 1 amide bonds. The number of nitrogens with one attached hydrogen (secondary N) is 3. The third-order valence-corrected chi connectivity index (χ3v) is 7.09. The number of aromatic amines is 2. The van der Waals surface area contributed by atoms with Gasteiger partial charge >= 0.3 is 0 Å². The van der Waals surface area contributed by atoms with Gasteiger partial charge in [0, 0.05) is 29.4 Å². The quantitative estimate of drug-likeness (QED) is 0.183. The lowest BCUT2D eigenvalue weighted by Gasteiger charge is -2.17. The van der Waals surface area contributed by atoms with Crippen molar-refractivity contribution >= 4 is 22.6 Å². The Morgan fingerprint density at radius 1 is 1.10 bits per heavy atom. The van der Waals surface area contributed by atoms with E-state index in [4.69, 9.17) is 10.00 Å². The molecule has 0 saturated heterocycles. The first-order valence-corrected chi connectivity index (χ1v) is 13.4. The first-order valence-electron chi connectivity index (χ1n) is 13.4. The maximum Gasteiger partial charge on any atom is 0.225 e. The number of H-pyrrole nitrogens is 2. The maximum atomic E-state index is 13.3. The van der Waals surface area contributed by atoms with Crippen molar-refractivity contribution < 1.29 is 14.3 Å². The van der Waals surface area contributed by atoms with Crippen LogP contribution in [0.2, 0.25) is 0 Å². The molecule has 39 heavy (non-hydrogen) atoms. The number of benzene rings is 2. The zero-order valence-electron chi connectivity index (χ0n) is 22.8. The summed E-state index contributed by atoms with van der Waals surface area (Å²) in [5, 5.41) is 13.3. The van der Waals surface area contributed by atoms with Crippen molar-refractivity contribution in [2.75, 3.05) is 7.11 Å². The molecular formula is C31H35N5O3. The minimum atomic E-state index is -0.299. The molecule has 0 spiro atoms. The molecule has 4 rings (SSSR count). The van der Waals surface area contributed by atoms with Crippen LogP contribution in [0.15, 0.2) is 48.7 Å². The van der Waals surface area contributed by atoms with Crippen LogP contribution in [0.25, 0.3) is 22.2 Å². The van der Waals surface area contributed by atoms with E-state index >= 15 is 0 Å². The van der Waals surface area contributed by atoms with Gasteiger partial charge < -0.3 is 20.0 Å². The average Bonchev–Trinajstić information content (AvgIpc) is 3.56. The van der Waals surface area contributed by atoms with Gasteiger partial charge in [0.2, 0.25) is 5.91 Å². The van der Waals surface area contributed by atoms with E-state index in [1.165, 1.54) is 0 Å². The number of aryl methyl sites for hydroxylation is 1. The number of ether oxygens (including phenoxy) is 1. The van der Waals surface area contributed by atoms with Gasteiger partial charge in [-0.05, 0) is 61.2 Å². The van der Waals surface area contributed by atoms with E-state index in [-0.39, 0.29) is 24.2 Å². The van der Waals surface area contributed by atoms with Crippen LogP contribution in [-0.2, 0) is 16.0 Å². The number of fused-ring (bicyclic) bond motifs is 1. The van der Waals surface area contributed by atoms with Crippen molar-refractivity contribution in [3.63, 3.8) is 0 Å². The van der Waals surface area contributed by atoms with Gasteiger partial charge in [-0.25, -0.2) is 4.98 Å². The summed E-state index contributed by atoms with van der Waals surface area (Å²) >= 11 is 0. The van der Waals surface area contributed by atoms with Gasteiger partial charge in [-0.1, -0.05) is 31.9 Å². The van der Waals surface area contributed by atoms with Crippen molar-refractivity contribution in [1.29, 1.82) is 5.26 Å². The maximum absolute atomic E-state index is 13.3. The molecule has 0 aliphatic heterocycles. The Balaban J connectivity index is 1.50. The number of nitriles is 1. The van der Waals surface area contributed by atoms with Crippen LogP contribution in [0.1, 0.15) is 74.1 Å². The van der Waals surface area contributed by atoms with Crippen LogP contribution in [0.3, 0.4) is 0 Å². The van der Waals surface area contributed by atoms with E-state index in [2.05, 4.69) is 26.3 Å². The highest BCUT2D eigenvalue weighted by molar-refractivity contribution is 5.91. The summed E-state index contributed by atoms with van der Waals surface area (Å²) in [5.74, 6) is 1.62. The van der Waals surface area contributed by atoms with E-state index in [0.29, 0.717) is 30.7 Å². The summed E-state index contributed by atoms with van der Waals surface area (Å²) in [6.07, 6.45) is 6.46. The van der Waals surface area contributed by atoms with Gasteiger partial charge in [-0.15, -0.1) is 0 Å². The fraction of sp³-hybridized carbons (Fsp3) is 0.355. The Hall–Kier alpha value is -4.38. The monoisotopic (exact) mass is 525 g/mol. The number of nitrogens with zero attached hydrogens (tertiary/aromatic N) is 2. The molecular weight excluding hydrogens is 490 g/mol. The zero-order chi connectivity index (χ0) is 27.8. The number of hydrogen-bond acceptors (Lipinski definition) is 5. The number of amides is 1. The van der Waals surface area contributed by atoms with Gasteiger partial charge in [0.25, 0.3) is 0 Å². The number of ketones is 1. The molecule has 0 aliphatic rings. The van der Waals surface area contributed by atoms with Crippen LogP contribution in [0.5, 0.6) is 5.75 Å². The topological polar surface area (TPSA) is 124 Å². The van der Waals surface area contributed by atoms with Crippen molar-refractivity contribution in [3.05, 3.63) is 71.3 Å². The van der Waals surface area contributed by atoms with Gasteiger partial charge in [0.15, 0.2) is 0 Å². The summed E-state index contributed by atoms with van der Waals surface area (Å²) in [4.78, 5) is 36.3. The third kappa shape index (κ3) is 6.94. The van der Waals surface area contributed by atoms with Crippen molar-refractivity contribution in [2.45, 2.75) is 64.8 Å². The Labute approximate surface area is 228 Å². The number of carbonyl (C=O) groups excluding carboxylic acids is 2. The summed E-state index contributed by atoms with van der Waals surface area (Å²) in [7, 11) is 1.63. The molecule has 0 unspecified atom stereocenters. The SMILES string of the molecule is CCC(=O)CCCCC[C@H](NC(=O)Cc1c(C)[nH]c2ccc(OC)cc12)c1ncc(-c2ccc(C#N)cc2)[nH]1. The highest BCUT2D eigenvalue weighted by Gasteiger charge is 2.20. The largest absolute Gasteiger partial charge is 0.497 e. The molecule has 0 aliphatic carbocycles. The number of carbonyl (C=O) groups is 2. The Morgan fingerprint density at radius 2 is 1.90 bits per heavy atom. The van der Waals surface area contributed by atoms with Crippen molar-refractivity contribution in [1.82, 2.24) is 20.3 Å². The number of hydrogen-bond donors (Lipinski definition) is 3. The molecule has 8 heteroatoms. The Morgan fingerprint density at radius 3 is 2.62 bits per heavy atom. The van der Waals surface area contributed by atoms with Crippen LogP contribution in [0, 0.1) is 18.3 Å². The van der Waals surface area contributed by atoms with E-state index in [1.807, 2.05) is 44.2 Å². The highest BCUT2D eigenvalue weighted by atomic mass is 16.5. The molecule has 1 atom stereocenters. The lowest BCUT2D eigenvalue weighted by atomic mass is 10.0. The molecule has 0 radical (unpaired) electrons. The smallest absolute Gasteiger partial charge is 0.225 e. The summed E-state index contributed by atoms with van der Waals surface area (Å²) in [6.45, 7) is 3.86. The number of imidazole rings is 1. The second kappa shape index (κ2) is 12.9. The highest BCUT2D eigenvalue weighted by Crippen LogP contribution is 2.28. The summed E-state index contributed by atoms with van der Waals surface area (Å²) in [5.41, 5.74) is 5.19. The fourth-order valence-electron chi connectivity index (χ4n) is 4.81. The second-order valence-electron chi connectivity index (χ2n) is 9.80. The molecule has 4 aromatic rings. The minimum Gasteiger partial charge on any atom is -0.497 e. The number of unbranched alkanes of at least 4 members (excludes halogenated alkanes) is 2. The second-order valence-corrected chi connectivity index (χ2v) is 9.80. The summed E-state index contributed by atoms with van der Waals surface area (Å²) < 4.78 is 5.39. The lowest BCUT2D eigenvalue weighted by Crippen LogP contribution is -2.30. The average molecular weight is 526 g/mol. The standard InChI is InChI=1S/C31H35N5O3/c1-4-23(37)8-6-5-7-9-28(31-33-19-29(36-31)22-12-10-21(18-32)11-13-22)35-30(38)17-25-20(2)34-27-15-14-24(39-3)16-26(25)27/h10-16,19,28,34H,4-9,17H2,1-3H3,(H,33,36)(H,35,38)/t28-/m0/s1. The van der Waals surface area contributed by atoms with Gasteiger partial charge in [0.1, 0.15) is 17.4 Å². The first kappa shape index (κ1) is 27.6. The van der Waals surface area contributed by atoms with Crippen LogP contribution in [0.4, 0.5) is 0 Å².